The Kier molecular flexibility index (Phi) is 6.90. The van der Waals surface area contributed by atoms with Crippen LogP contribution in [-0.2, 0) is 23.7 Å². The van der Waals surface area contributed by atoms with Gasteiger partial charge in [-0.3, -0.25) is 0 Å². The molecule has 10 rings (SSSR count). The Balaban J connectivity index is 0.000000143. The van der Waals surface area contributed by atoms with Crippen LogP contribution in [0.2, 0.25) is 0 Å². The number of phenols is 2. The van der Waals surface area contributed by atoms with Crippen molar-refractivity contribution in [1.29, 1.82) is 0 Å². The minimum Gasteiger partial charge on any atom is -0.504 e. The van der Waals surface area contributed by atoms with Crippen molar-refractivity contribution < 1.29 is 46.3 Å². The number of aromatic hydroxyl groups is 2. The Bertz CT molecular complexity index is 1400. The summed E-state index contributed by atoms with van der Waals surface area (Å²) in [6.45, 7) is 1.88. The molecule has 4 aliphatic heterocycles. The molecule has 11 heteroatoms. The minimum absolute atomic E-state index is 0. The van der Waals surface area contributed by atoms with Crippen molar-refractivity contribution >= 4 is 0 Å². The fourth-order valence-corrected chi connectivity index (χ4v) is 9.96. The molecule has 43 heavy (non-hydrogen) atoms. The van der Waals surface area contributed by atoms with Crippen molar-refractivity contribution in [3.05, 3.63) is 70.8 Å². The lowest BCUT2D eigenvalue weighted by Crippen LogP contribution is -2.64. The molecule has 4 aliphatic carbocycles. The van der Waals surface area contributed by atoms with Gasteiger partial charge in [0.15, 0.2) is 23.0 Å². The van der Waals surface area contributed by atoms with E-state index in [9.17, 15) is 20.4 Å². The van der Waals surface area contributed by atoms with Crippen molar-refractivity contribution in [2.24, 2.45) is 11.8 Å². The summed E-state index contributed by atoms with van der Waals surface area (Å²) in [7, 11) is 0. The highest BCUT2D eigenvalue weighted by Crippen LogP contribution is 2.62. The zero-order valence-electron chi connectivity index (χ0n) is 23.6. The standard InChI is InChI=1S/2C16H17NO3.3H2O/c2*18-11-3-1-8-7-10-9-2-4-12(19)15-16(9,5-6-17-10)13(8)14(11)20-15;;;/h2*1-4,9-10,12,15,17-19H,5-7H2;3*1H2/t2*9-,10+,12-,15-,16-;;;/m00.../s1. The summed E-state index contributed by atoms with van der Waals surface area (Å²) in [5.41, 5.74) is 4.52. The van der Waals surface area contributed by atoms with Crippen molar-refractivity contribution in [3.8, 4) is 23.0 Å². The highest BCUT2D eigenvalue weighted by Gasteiger charge is 2.64. The highest BCUT2D eigenvalue weighted by atomic mass is 16.5. The molecule has 2 fully saturated rings. The van der Waals surface area contributed by atoms with Gasteiger partial charge in [-0.15, -0.1) is 0 Å². The average Bonchev–Trinajstić information content (AvgIpc) is 3.47. The van der Waals surface area contributed by atoms with Gasteiger partial charge in [-0.25, -0.2) is 0 Å². The van der Waals surface area contributed by atoms with Crippen LogP contribution >= 0.6 is 0 Å². The van der Waals surface area contributed by atoms with E-state index >= 15 is 0 Å². The minimum atomic E-state index is -0.595. The summed E-state index contributed by atoms with van der Waals surface area (Å²) >= 11 is 0. The molecule has 2 spiro atoms. The lowest BCUT2D eigenvalue weighted by molar-refractivity contribution is -0.0178. The molecule has 2 saturated heterocycles. The molecule has 0 saturated carbocycles. The average molecular weight is 597 g/mol. The number of rotatable bonds is 0. The smallest absolute Gasteiger partial charge is 0.165 e. The fourth-order valence-electron chi connectivity index (χ4n) is 9.96. The largest absolute Gasteiger partial charge is 0.504 e. The van der Waals surface area contributed by atoms with Crippen molar-refractivity contribution in [2.75, 3.05) is 13.1 Å². The Morgan fingerprint density at radius 3 is 1.47 bits per heavy atom. The predicted octanol–water partition coefficient (Wildman–Crippen LogP) is -0.762. The lowest BCUT2D eigenvalue weighted by Gasteiger charge is -2.53. The van der Waals surface area contributed by atoms with Gasteiger partial charge in [0, 0.05) is 45.9 Å². The third-order valence-electron chi connectivity index (χ3n) is 11.4. The summed E-state index contributed by atoms with van der Waals surface area (Å²) < 4.78 is 12.1. The number of ether oxygens (including phenoxy) is 2. The molecule has 2 aromatic carbocycles. The van der Waals surface area contributed by atoms with E-state index in [2.05, 4.69) is 22.8 Å². The third kappa shape index (κ3) is 3.49. The molecule has 11 nitrogen and oxygen atoms in total. The molecule has 0 unspecified atom stereocenters. The Morgan fingerprint density at radius 2 is 1.05 bits per heavy atom. The van der Waals surface area contributed by atoms with Gasteiger partial charge in [0.25, 0.3) is 0 Å². The number of nitrogens with one attached hydrogen (secondary N) is 2. The lowest BCUT2D eigenvalue weighted by atomic mass is 9.54. The van der Waals surface area contributed by atoms with E-state index in [4.69, 9.17) is 9.47 Å². The second-order valence-corrected chi connectivity index (χ2v) is 12.9. The number of hydrogen-bond donors (Lipinski definition) is 6. The van der Waals surface area contributed by atoms with Gasteiger partial charge >= 0.3 is 0 Å². The van der Waals surface area contributed by atoms with Crippen LogP contribution in [0, 0.1) is 11.8 Å². The zero-order chi connectivity index (χ0) is 27.0. The molecule has 0 aromatic heterocycles. The molecule has 232 valence electrons. The van der Waals surface area contributed by atoms with Gasteiger partial charge in [0.2, 0.25) is 0 Å². The van der Waals surface area contributed by atoms with Gasteiger partial charge in [-0.1, -0.05) is 36.4 Å². The monoisotopic (exact) mass is 596 g/mol. The number of phenolic OH excluding ortho intramolecular Hbond substituents is 2. The number of hydrogen-bond acceptors (Lipinski definition) is 8. The van der Waals surface area contributed by atoms with E-state index < -0.39 is 12.2 Å². The van der Waals surface area contributed by atoms with E-state index in [0.29, 0.717) is 35.4 Å². The third-order valence-corrected chi connectivity index (χ3v) is 11.4. The van der Waals surface area contributed by atoms with E-state index in [1.807, 2.05) is 24.3 Å². The first-order valence-corrected chi connectivity index (χ1v) is 14.7. The number of aliphatic hydroxyl groups is 2. The predicted molar refractivity (Wildman–Crippen MR) is 157 cm³/mol. The summed E-state index contributed by atoms with van der Waals surface area (Å²) in [6, 6.07) is 8.28. The van der Waals surface area contributed by atoms with Gasteiger partial charge < -0.3 is 57.0 Å². The maximum atomic E-state index is 10.4. The van der Waals surface area contributed by atoms with Crippen LogP contribution in [0.25, 0.3) is 0 Å². The fraction of sp³-hybridized carbons (Fsp3) is 0.500. The molecule has 8 aliphatic rings. The summed E-state index contributed by atoms with van der Waals surface area (Å²) in [5.74, 6) is 2.33. The van der Waals surface area contributed by atoms with Crippen LogP contribution in [0.4, 0.5) is 0 Å². The number of piperidine rings is 2. The normalized spacial score (nSPS) is 40.0. The number of benzene rings is 2. The molecule has 2 aromatic rings. The maximum Gasteiger partial charge on any atom is 0.165 e. The zero-order valence-corrected chi connectivity index (χ0v) is 23.6. The highest BCUT2D eigenvalue weighted by molar-refractivity contribution is 5.63. The van der Waals surface area contributed by atoms with Crippen molar-refractivity contribution in [2.45, 2.75) is 73.0 Å². The van der Waals surface area contributed by atoms with Crippen molar-refractivity contribution in [3.63, 3.8) is 0 Å². The molecular weight excluding hydrogens is 556 g/mol. The summed E-state index contributed by atoms with van der Waals surface area (Å²) in [5, 5.41) is 48.3. The second-order valence-electron chi connectivity index (χ2n) is 12.9. The van der Waals surface area contributed by atoms with Crippen LogP contribution in [0.1, 0.15) is 35.1 Å². The van der Waals surface area contributed by atoms with Crippen LogP contribution in [0.5, 0.6) is 23.0 Å². The van der Waals surface area contributed by atoms with E-state index in [-0.39, 0.29) is 51.0 Å². The molecular formula is C32H40N2O9. The van der Waals surface area contributed by atoms with Gasteiger partial charge in [0.1, 0.15) is 24.4 Å². The quantitative estimate of drug-likeness (QED) is 0.212. The molecule has 4 bridgehead atoms. The second kappa shape index (κ2) is 9.93. The summed E-state index contributed by atoms with van der Waals surface area (Å²) in [4.78, 5) is 0. The van der Waals surface area contributed by atoms with E-state index in [1.165, 1.54) is 11.1 Å². The first-order valence-electron chi connectivity index (χ1n) is 14.7. The SMILES string of the molecule is O.O.O.Oc1ccc2c3c1O[C@H]1[C@@H](O)C=C[C@H]4[C@@H](C2)NCC[C@@]341.Oc1ccc2c3c1O[C@H]1[C@@H](O)C=C[C@H]4[C@@H](C2)NCC[C@@]341. The summed E-state index contributed by atoms with van der Waals surface area (Å²) in [6.07, 6.45) is 10.2. The maximum absolute atomic E-state index is 10.4. The van der Waals surface area contributed by atoms with Crippen LogP contribution in [-0.4, -0.2) is 86.4 Å². The topological polar surface area (TPSA) is 218 Å². The molecule has 10 atom stereocenters. The Morgan fingerprint density at radius 1 is 0.628 bits per heavy atom. The molecule has 0 amide bonds. The molecule has 4 heterocycles. The van der Waals surface area contributed by atoms with Crippen LogP contribution < -0.4 is 20.1 Å². The van der Waals surface area contributed by atoms with Crippen LogP contribution in [0.15, 0.2) is 48.6 Å². The van der Waals surface area contributed by atoms with Gasteiger partial charge in [0.05, 0.1) is 0 Å². The molecule has 12 N–H and O–H groups in total. The Labute approximate surface area is 248 Å². The van der Waals surface area contributed by atoms with Crippen molar-refractivity contribution in [1.82, 2.24) is 10.6 Å². The van der Waals surface area contributed by atoms with Gasteiger partial charge in [-0.05, 0) is 62.0 Å². The first kappa shape index (κ1) is 29.9. The first-order chi connectivity index (χ1) is 19.4. The van der Waals surface area contributed by atoms with Crippen LogP contribution in [0.3, 0.4) is 0 Å². The van der Waals surface area contributed by atoms with E-state index in [1.54, 1.807) is 12.1 Å². The van der Waals surface area contributed by atoms with E-state index in [0.717, 1.165) is 49.9 Å². The number of aliphatic hydroxyl groups excluding tert-OH is 2. The Hall–Kier alpha value is -3.16. The molecule has 0 radical (unpaired) electrons. The van der Waals surface area contributed by atoms with Gasteiger partial charge in [-0.2, -0.15) is 0 Å².